The molecule has 0 bridgehead atoms. The zero-order valence-corrected chi connectivity index (χ0v) is 11.1. The van der Waals surface area contributed by atoms with Crippen LogP contribution in [0.3, 0.4) is 0 Å². The first kappa shape index (κ1) is 12.6. The number of aryl methyl sites for hydroxylation is 2. The quantitative estimate of drug-likeness (QED) is 0.906. The summed E-state index contributed by atoms with van der Waals surface area (Å²) in [4.78, 5) is 0. The number of nitrogens with zero attached hydrogens (tertiary/aromatic N) is 4. The van der Waals surface area contributed by atoms with Crippen molar-refractivity contribution in [1.29, 1.82) is 0 Å². The van der Waals surface area contributed by atoms with Crippen molar-refractivity contribution in [1.82, 2.24) is 19.6 Å². The fourth-order valence-electron chi connectivity index (χ4n) is 1.78. The number of hydrogen-bond donors (Lipinski definition) is 1. The van der Waals surface area contributed by atoms with Crippen molar-refractivity contribution >= 4 is 5.69 Å². The van der Waals surface area contributed by atoms with E-state index < -0.39 is 0 Å². The van der Waals surface area contributed by atoms with Gasteiger partial charge in [0.2, 0.25) is 5.95 Å². The Bertz CT molecular complexity index is 541. The molecule has 2 aromatic rings. The van der Waals surface area contributed by atoms with Gasteiger partial charge in [0.1, 0.15) is 0 Å². The van der Waals surface area contributed by atoms with Gasteiger partial charge in [-0.25, -0.2) is 4.68 Å². The van der Waals surface area contributed by atoms with E-state index >= 15 is 0 Å². The molecule has 98 valence electrons. The molecule has 0 aliphatic rings. The van der Waals surface area contributed by atoms with E-state index in [9.17, 15) is 4.39 Å². The van der Waals surface area contributed by atoms with E-state index in [-0.39, 0.29) is 5.95 Å². The highest BCUT2D eigenvalue weighted by molar-refractivity contribution is 5.39. The lowest BCUT2D eigenvalue weighted by Gasteiger charge is -2.04. The Hall–Kier alpha value is -1.85. The van der Waals surface area contributed by atoms with Gasteiger partial charge in [0, 0.05) is 31.4 Å². The largest absolute Gasteiger partial charge is 0.378 e. The molecule has 0 unspecified atom stereocenters. The fourth-order valence-corrected chi connectivity index (χ4v) is 1.78. The molecule has 0 spiro atoms. The van der Waals surface area contributed by atoms with Crippen LogP contribution in [0.4, 0.5) is 10.1 Å². The van der Waals surface area contributed by atoms with E-state index in [4.69, 9.17) is 0 Å². The Morgan fingerprint density at radius 1 is 1.44 bits per heavy atom. The molecule has 2 aromatic heterocycles. The average molecular weight is 251 g/mol. The normalized spacial score (nSPS) is 11.2. The standard InChI is InChI=1S/C12H18FN5/c1-8(2)18-7-10(5-15-18)14-6-11-9(3)16-17(4)12(11)13/h5,7-8,14H,6H2,1-4H3. The van der Waals surface area contributed by atoms with Gasteiger partial charge in [-0.1, -0.05) is 0 Å². The third-order valence-electron chi connectivity index (χ3n) is 2.87. The van der Waals surface area contributed by atoms with Crippen molar-refractivity contribution < 1.29 is 4.39 Å². The number of aromatic nitrogens is 4. The first-order valence-electron chi connectivity index (χ1n) is 5.95. The fraction of sp³-hybridized carbons (Fsp3) is 0.500. The summed E-state index contributed by atoms with van der Waals surface area (Å²) in [6.07, 6.45) is 3.65. The SMILES string of the molecule is Cc1nn(C)c(F)c1CNc1cnn(C(C)C)c1. The van der Waals surface area contributed by atoms with Crippen LogP contribution in [0.5, 0.6) is 0 Å². The summed E-state index contributed by atoms with van der Waals surface area (Å²) in [6, 6.07) is 0.317. The summed E-state index contributed by atoms with van der Waals surface area (Å²) in [6.45, 7) is 6.33. The summed E-state index contributed by atoms with van der Waals surface area (Å²) < 4.78 is 16.8. The molecule has 0 saturated carbocycles. The van der Waals surface area contributed by atoms with Crippen LogP contribution in [0.2, 0.25) is 0 Å². The number of nitrogens with one attached hydrogen (secondary N) is 1. The van der Waals surface area contributed by atoms with Crippen LogP contribution in [0.25, 0.3) is 0 Å². The third-order valence-corrected chi connectivity index (χ3v) is 2.87. The predicted octanol–water partition coefficient (Wildman–Crippen LogP) is 2.26. The van der Waals surface area contributed by atoms with E-state index in [0.717, 1.165) is 5.69 Å². The summed E-state index contributed by atoms with van der Waals surface area (Å²) in [7, 11) is 1.60. The van der Waals surface area contributed by atoms with Gasteiger partial charge in [-0.2, -0.15) is 14.6 Å². The summed E-state index contributed by atoms with van der Waals surface area (Å²) in [5.41, 5.74) is 2.18. The molecule has 1 N–H and O–H groups in total. The molecular formula is C12H18FN5. The van der Waals surface area contributed by atoms with Crippen molar-refractivity contribution in [2.24, 2.45) is 7.05 Å². The lowest BCUT2D eigenvalue weighted by atomic mass is 10.2. The van der Waals surface area contributed by atoms with Crippen molar-refractivity contribution in [2.75, 3.05) is 5.32 Å². The first-order chi connectivity index (χ1) is 8.49. The smallest absolute Gasteiger partial charge is 0.216 e. The monoisotopic (exact) mass is 251 g/mol. The molecule has 18 heavy (non-hydrogen) atoms. The van der Waals surface area contributed by atoms with Gasteiger partial charge in [-0.15, -0.1) is 0 Å². The number of hydrogen-bond acceptors (Lipinski definition) is 3. The van der Waals surface area contributed by atoms with E-state index in [0.29, 0.717) is 23.8 Å². The van der Waals surface area contributed by atoms with Gasteiger partial charge in [0.05, 0.1) is 17.6 Å². The molecule has 0 radical (unpaired) electrons. The lowest BCUT2D eigenvalue weighted by Crippen LogP contribution is -2.03. The van der Waals surface area contributed by atoms with Crippen LogP contribution < -0.4 is 5.32 Å². The first-order valence-corrected chi connectivity index (χ1v) is 5.95. The maximum absolute atomic E-state index is 13.7. The highest BCUT2D eigenvalue weighted by atomic mass is 19.1. The molecule has 0 amide bonds. The summed E-state index contributed by atoms with van der Waals surface area (Å²) in [5, 5.41) is 11.4. The van der Waals surface area contributed by atoms with Crippen LogP contribution in [-0.2, 0) is 13.6 Å². The second kappa shape index (κ2) is 4.80. The third kappa shape index (κ3) is 2.37. The highest BCUT2D eigenvalue weighted by Crippen LogP contribution is 2.15. The zero-order chi connectivity index (χ0) is 13.3. The van der Waals surface area contributed by atoms with Crippen LogP contribution in [-0.4, -0.2) is 19.6 Å². The minimum atomic E-state index is -0.295. The van der Waals surface area contributed by atoms with Gasteiger partial charge in [-0.3, -0.25) is 4.68 Å². The van der Waals surface area contributed by atoms with Crippen molar-refractivity contribution in [3.05, 3.63) is 29.6 Å². The molecule has 0 aromatic carbocycles. The number of rotatable bonds is 4. The second-order valence-electron chi connectivity index (χ2n) is 4.63. The molecule has 0 atom stereocenters. The van der Waals surface area contributed by atoms with Gasteiger partial charge in [0.15, 0.2) is 0 Å². The topological polar surface area (TPSA) is 47.7 Å². The molecular weight excluding hydrogens is 233 g/mol. The summed E-state index contributed by atoms with van der Waals surface area (Å²) >= 11 is 0. The minimum absolute atomic E-state index is 0.295. The average Bonchev–Trinajstić information content (AvgIpc) is 2.85. The van der Waals surface area contributed by atoms with E-state index in [2.05, 4.69) is 29.4 Å². The molecule has 6 heteroatoms. The molecule has 2 heterocycles. The number of anilines is 1. The van der Waals surface area contributed by atoms with Gasteiger partial charge < -0.3 is 5.32 Å². The Labute approximate surface area is 106 Å². The van der Waals surface area contributed by atoms with E-state index in [1.54, 1.807) is 20.2 Å². The van der Waals surface area contributed by atoms with Crippen molar-refractivity contribution in [2.45, 2.75) is 33.4 Å². The second-order valence-corrected chi connectivity index (χ2v) is 4.63. The van der Waals surface area contributed by atoms with Gasteiger partial charge >= 0.3 is 0 Å². The van der Waals surface area contributed by atoms with Crippen LogP contribution in [0.15, 0.2) is 12.4 Å². The van der Waals surface area contributed by atoms with Crippen LogP contribution in [0.1, 0.15) is 31.1 Å². The molecule has 5 nitrogen and oxygen atoms in total. The van der Waals surface area contributed by atoms with Crippen molar-refractivity contribution in [3.63, 3.8) is 0 Å². The van der Waals surface area contributed by atoms with Crippen molar-refractivity contribution in [3.8, 4) is 0 Å². The van der Waals surface area contributed by atoms with Crippen LogP contribution in [0, 0.1) is 12.9 Å². The maximum Gasteiger partial charge on any atom is 0.216 e. The Morgan fingerprint density at radius 3 is 2.67 bits per heavy atom. The Morgan fingerprint density at radius 2 is 2.17 bits per heavy atom. The van der Waals surface area contributed by atoms with Gasteiger partial charge in [-0.05, 0) is 20.8 Å². The highest BCUT2D eigenvalue weighted by Gasteiger charge is 2.12. The van der Waals surface area contributed by atoms with E-state index in [1.807, 2.05) is 10.9 Å². The zero-order valence-electron chi connectivity index (χ0n) is 11.1. The minimum Gasteiger partial charge on any atom is -0.378 e. The maximum atomic E-state index is 13.7. The number of halogens is 1. The molecule has 0 fully saturated rings. The molecule has 0 saturated heterocycles. The summed E-state index contributed by atoms with van der Waals surface area (Å²) in [5.74, 6) is -0.295. The lowest BCUT2D eigenvalue weighted by molar-refractivity contribution is 0.496. The predicted molar refractivity (Wildman–Crippen MR) is 67.8 cm³/mol. The molecule has 0 aliphatic carbocycles. The Kier molecular flexibility index (Phi) is 3.36. The Balaban J connectivity index is 2.06. The molecule has 2 rings (SSSR count). The van der Waals surface area contributed by atoms with E-state index in [1.165, 1.54) is 4.68 Å². The molecule has 0 aliphatic heterocycles. The van der Waals surface area contributed by atoms with Gasteiger partial charge in [0.25, 0.3) is 0 Å². The van der Waals surface area contributed by atoms with Crippen LogP contribution >= 0.6 is 0 Å².